The van der Waals surface area contributed by atoms with Gasteiger partial charge in [-0.3, -0.25) is 9.59 Å². The number of ether oxygens (including phenoxy) is 2. The van der Waals surface area contributed by atoms with Gasteiger partial charge in [-0.25, -0.2) is 9.59 Å². The van der Waals surface area contributed by atoms with Crippen molar-refractivity contribution in [2.24, 2.45) is 11.8 Å². The molecule has 0 radical (unpaired) electrons. The number of methoxy groups -OCH3 is 1. The first-order valence-electron chi connectivity index (χ1n) is 15.5. The van der Waals surface area contributed by atoms with Crippen molar-refractivity contribution in [3.63, 3.8) is 0 Å². The van der Waals surface area contributed by atoms with Crippen LogP contribution in [0.5, 0.6) is 0 Å². The van der Waals surface area contributed by atoms with E-state index in [1.807, 2.05) is 62.4 Å². The second kappa shape index (κ2) is 15.4. The maximum atomic E-state index is 13.7. The first-order valence-corrected chi connectivity index (χ1v) is 15.9. The molecule has 1 saturated carbocycles. The van der Waals surface area contributed by atoms with Crippen molar-refractivity contribution in [1.29, 1.82) is 0 Å². The highest BCUT2D eigenvalue weighted by Crippen LogP contribution is 2.40. The molecule has 2 fully saturated rings. The summed E-state index contributed by atoms with van der Waals surface area (Å²) < 4.78 is 11.1. The maximum Gasteiger partial charge on any atom is 0.408 e. The van der Waals surface area contributed by atoms with E-state index in [-0.39, 0.29) is 18.2 Å². The zero-order chi connectivity index (χ0) is 31.7. The third kappa shape index (κ3) is 8.74. The highest BCUT2D eigenvalue weighted by atomic mass is 35.5. The van der Waals surface area contributed by atoms with E-state index in [9.17, 15) is 19.2 Å². The van der Waals surface area contributed by atoms with Gasteiger partial charge in [-0.15, -0.1) is 0 Å². The Kier molecular flexibility index (Phi) is 11.7. The van der Waals surface area contributed by atoms with E-state index < -0.39 is 47.5 Å². The zero-order valence-corrected chi connectivity index (χ0v) is 26.5. The first kappa shape index (κ1) is 33.3. The fraction of sp³-hybridized carbons (Fsp3) is 0.529. The number of alkyl carbamates (subject to hydrolysis) is 1. The molecule has 0 bridgehead atoms. The lowest BCUT2D eigenvalue weighted by Crippen LogP contribution is -2.53. The molecular formula is C34H44ClN3O6. The molecule has 3 amide bonds. The molecule has 1 saturated heterocycles. The normalized spacial score (nSPS) is 19.3. The van der Waals surface area contributed by atoms with Crippen LogP contribution in [0.15, 0.2) is 54.6 Å². The van der Waals surface area contributed by atoms with E-state index in [0.29, 0.717) is 24.4 Å². The second-order valence-corrected chi connectivity index (χ2v) is 12.9. The Labute approximate surface area is 264 Å². The number of hydrogen-bond acceptors (Lipinski definition) is 6. The van der Waals surface area contributed by atoms with Gasteiger partial charge in [-0.2, -0.15) is 0 Å². The van der Waals surface area contributed by atoms with Crippen LogP contribution in [0.1, 0.15) is 82.4 Å². The van der Waals surface area contributed by atoms with Crippen molar-refractivity contribution in [2.75, 3.05) is 13.7 Å². The van der Waals surface area contributed by atoms with E-state index in [4.69, 9.17) is 21.1 Å². The van der Waals surface area contributed by atoms with Gasteiger partial charge in [0.1, 0.15) is 18.2 Å². The van der Waals surface area contributed by atoms with Gasteiger partial charge in [-0.05, 0) is 48.4 Å². The van der Waals surface area contributed by atoms with E-state index >= 15 is 0 Å². The van der Waals surface area contributed by atoms with Crippen molar-refractivity contribution in [3.05, 3.63) is 70.7 Å². The predicted octanol–water partition coefficient (Wildman–Crippen LogP) is 5.61. The molecular weight excluding hydrogens is 582 g/mol. The SMILES string of the molecule is COC(=O)C(C[C@@H]1CCNC1=O)NC(=O)C(CC1CCCCC1)NC(=O)OC(c1ccccc1)C(C)(C)c1cccc(Cl)c1. The average Bonchev–Trinajstić information content (AvgIpc) is 3.43. The summed E-state index contributed by atoms with van der Waals surface area (Å²) in [6.07, 6.45) is 4.84. The number of nitrogens with one attached hydrogen (secondary N) is 3. The molecule has 44 heavy (non-hydrogen) atoms. The number of amides is 3. The summed E-state index contributed by atoms with van der Waals surface area (Å²) in [6, 6.07) is 14.9. The Morgan fingerprint density at radius 3 is 2.32 bits per heavy atom. The van der Waals surface area contributed by atoms with Crippen molar-refractivity contribution in [1.82, 2.24) is 16.0 Å². The summed E-state index contributed by atoms with van der Waals surface area (Å²) in [5.74, 6) is -1.46. The average molecular weight is 626 g/mol. The molecule has 0 aromatic heterocycles. The summed E-state index contributed by atoms with van der Waals surface area (Å²) in [7, 11) is 1.25. The molecule has 2 aliphatic rings. The Morgan fingerprint density at radius 2 is 1.68 bits per heavy atom. The molecule has 238 valence electrons. The quantitative estimate of drug-likeness (QED) is 0.264. The maximum absolute atomic E-state index is 13.7. The predicted molar refractivity (Wildman–Crippen MR) is 168 cm³/mol. The second-order valence-electron chi connectivity index (χ2n) is 12.5. The fourth-order valence-electron chi connectivity index (χ4n) is 6.35. The number of hydrogen-bond donors (Lipinski definition) is 3. The number of esters is 1. The van der Waals surface area contributed by atoms with Crippen molar-refractivity contribution in [3.8, 4) is 0 Å². The molecule has 4 atom stereocenters. The van der Waals surface area contributed by atoms with Crippen LogP contribution >= 0.6 is 11.6 Å². The van der Waals surface area contributed by atoms with Gasteiger partial charge < -0.3 is 25.4 Å². The number of carbonyl (C=O) groups is 4. The Bertz CT molecular complexity index is 1300. The van der Waals surface area contributed by atoms with Crippen LogP contribution in [0.25, 0.3) is 0 Å². The van der Waals surface area contributed by atoms with E-state index in [0.717, 1.165) is 43.2 Å². The van der Waals surface area contributed by atoms with Gasteiger partial charge in [0.25, 0.3) is 0 Å². The largest absolute Gasteiger partial charge is 0.467 e. The van der Waals surface area contributed by atoms with Gasteiger partial charge in [0, 0.05) is 22.9 Å². The van der Waals surface area contributed by atoms with E-state index in [1.165, 1.54) is 7.11 Å². The highest BCUT2D eigenvalue weighted by Gasteiger charge is 2.38. The fourth-order valence-corrected chi connectivity index (χ4v) is 6.54. The zero-order valence-electron chi connectivity index (χ0n) is 25.8. The molecule has 9 nitrogen and oxygen atoms in total. The van der Waals surface area contributed by atoms with E-state index in [2.05, 4.69) is 16.0 Å². The van der Waals surface area contributed by atoms with Crippen LogP contribution in [0.3, 0.4) is 0 Å². The van der Waals surface area contributed by atoms with Gasteiger partial charge >= 0.3 is 12.1 Å². The molecule has 4 rings (SSSR count). The molecule has 1 heterocycles. The highest BCUT2D eigenvalue weighted by molar-refractivity contribution is 6.30. The monoisotopic (exact) mass is 625 g/mol. The minimum Gasteiger partial charge on any atom is -0.467 e. The summed E-state index contributed by atoms with van der Waals surface area (Å²) >= 11 is 6.32. The molecule has 2 aromatic rings. The summed E-state index contributed by atoms with van der Waals surface area (Å²) in [5, 5.41) is 8.95. The standard InChI is InChI=1S/C34H44ClN3O6/c1-34(2,25-15-10-16-26(35)21-25)29(23-13-8-5-9-14-23)44-33(42)38-27(19-22-11-6-4-7-12-22)31(40)37-28(32(41)43-3)20-24-17-18-36-30(24)39/h5,8-10,13-16,21-22,24,27-29H,4,6-7,11-12,17-20H2,1-3H3,(H,36,39)(H,37,40)(H,38,42)/t24-,27?,28?,29?/m0/s1. The van der Waals surface area contributed by atoms with Crippen molar-refractivity contribution in [2.45, 2.75) is 88.8 Å². The Balaban J connectivity index is 1.55. The van der Waals surface area contributed by atoms with Crippen molar-refractivity contribution < 1.29 is 28.7 Å². The molecule has 1 aliphatic carbocycles. The number of halogens is 1. The number of rotatable bonds is 12. The summed E-state index contributed by atoms with van der Waals surface area (Å²) in [6.45, 7) is 4.49. The third-order valence-electron chi connectivity index (χ3n) is 8.94. The van der Waals surface area contributed by atoms with Gasteiger partial charge in [0.2, 0.25) is 11.8 Å². The number of benzene rings is 2. The Morgan fingerprint density at radius 1 is 0.955 bits per heavy atom. The molecule has 3 unspecified atom stereocenters. The number of carbonyl (C=O) groups excluding carboxylic acids is 4. The summed E-state index contributed by atoms with van der Waals surface area (Å²) in [5.41, 5.74) is 1.00. The lowest BCUT2D eigenvalue weighted by atomic mass is 9.76. The van der Waals surface area contributed by atoms with Crippen LogP contribution in [-0.4, -0.2) is 49.6 Å². The molecule has 10 heteroatoms. The van der Waals surface area contributed by atoms with Gasteiger partial charge in [0.15, 0.2) is 0 Å². The molecule has 0 spiro atoms. The van der Waals surface area contributed by atoms with Crippen LogP contribution in [-0.2, 0) is 29.3 Å². The minimum absolute atomic E-state index is 0.120. The van der Waals surface area contributed by atoms with Gasteiger partial charge in [0.05, 0.1) is 7.11 Å². The smallest absolute Gasteiger partial charge is 0.408 e. The molecule has 3 N–H and O–H groups in total. The Hall–Kier alpha value is -3.59. The van der Waals surface area contributed by atoms with Crippen LogP contribution in [0.2, 0.25) is 5.02 Å². The lowest BCUT2D eigenvalue weighted by molar-refractivity contribution is -0.146. The minimum atomic E-state index is -1.02. The summed E-state index contributed by atoms with van der Waals surface area (Å²) in [4.78, 5) is 52.3. The van der Waals surface area contributed by atoms with Crippen LogP contribution in [0, 0.1) is 11.8 Å². The molecule has 2 aromatic carbocycles. The van der Waals surface area contributed by atoms with Crippen LogP contribution in [0.4, 0.5) is 4.79 Å². The third-order valence-corrected chi connectivity index (χ3v) is 9.17. The van der Waals surface area contributed by atoms with Gasteiger partial charge in [-0.1, -0.05) is 100 Å². The lowest BCUT2D eigenvalue weighted by Gasteiger charge is -2.35. The van der Waals surface area contributed by atoms with Crippen LogP contribution < -0.4 is 16.0 Å². The first-order chi connectivity index (χ1) is 21.1. The van der Waals surface area contributed by atoms with E-state index in [1.54, 1.807) is 6.07 Å². The topological polar surface area (TPSA) is 123 Å². The van der Waals surface area contributed by atoms with Crippen molar-refractivity contribution >= 4 is 35.5 Å². The molecule has 1 aliphatic heterocycles.